The number of para-hydroxylation sites is 1. The molecular formula is C21H34FIN4O2. The topological polar surface area (TPSA) is 66.0 Å². The first-order valence-electron chi connectivity index (χ1n) is 10.2. The third-order valence-corrected chi connectivity index (χ3v) is 5.03. The largest absolute Gasteiger partial charge is 0.485 e. The SMILES string of the molecule is CCNC(=NCC(CC)Oc1ccccc1F)N1CCC(CC(=O)NC)CC1.I. The molecule has 1 heterocycles. The minimum Gasteiger partial charge on any atom is -0.485 e. The number of guanidine groups is 1. The number of carbonyl (C=O) groups is 1. The summed E-state index contributed by atoms with van der Waals surface area (Å²) in [4.78, 5) is 18.6. The molecule has 29 heavy (non-hydrogen) atoms. The highest BCUT2D eigenvalue weighted by Crippen LogP contribution is 2.21. The van der Waals surface area contributed by atoms with Crippen molar-refractivity contribution in [1.82, 2.24) is 15.5 Å². The van der Waals surface area contributed by atoms with Crippen molar-refractivity contribution in [3.05, 3.63) is 30.1 Å². The average molecular weight is 520 g/mol. The van der Waals surface area contributed by atoms with Crippen LogP contribution in [-0.4, -0.2) is 56.1 Å². The molecule has 1 unspecified atom stereocenters. The number of hydrogen-bond acceptors (Lipinski definition) is 3. The van der Waals surface area contributed by atoms with Crippen LogP contribution >= 0.6 is 24.0 Å². The van der Waals surface area contributed by atoms with Gasteiger partial charge in [0.15, 0.2) is 17.5 Å². The molecule has 8 heteroatoms. The van der Waals surface area contributed by atoms with Crippen molar-refractivity contribution in [1.29, 1.82) is 0 Å². The van der Waals surface area contributed by atoms with Gasteiger partial charge in [-0.15, -0.1) is 24.0 Å². The van der Waals surface area contributed by atoms with Crippen LogP contribution in [0.15, 0.2) is 29.3 Å². The summed E-state index contributed by atoms with van der Waals surface area (Å²) in [6, 6.07) is 6.46. The first-order chi connectivity index (χ1) is 13.6. The van der Waals surface area contributed by atoms with Crippen LogP contribution in [0.4, 0.5) is 4.39 Å². The summed E-state index contributed by atoms with van der Waals surface area (Å²) in [6.45, 7) is 7.05. The quantitative estimate of drug-likeness (QED) is 0.313. The standard InChI is InChI=1S/C21H33FN4O2.HI/c1-4-17(28-19-9-7-6-8-18(19)22)15-25-21(24-5-2)26-12-10-16(11-13-26)14-20(27)23-3;/h6-9,16-17H,4-5,10-15H2,1-3H3,(H,23,27)(H,24,25);1H. The van der Waals surface area contributed by atoms with E-state index in [-0.39, 0.29) is 47.6 Å². The lowest BCUT2D eigenvalue weighted by molar-refractivity contribution is -0.121. The molecule has 1 saturated heterocycles. The second-order valence-electron chi connectivity index (χ2n) is 7.08. The van der Waals surface area contributed by atoms with Crippen LogP contribution in [0.5, 0.6) is 5.75 Å². The molecule has 1 aromatic carbocycles. The van der Waals surface area contributed by atoms with E-state index in [4.69, 9.17) is 9.73 Å². The molecule has 1 amide bonds. The third-order valence-electron chi connectivity index (χ3n) is 5.03. The number of piperidine rings is 1. The number of halogens is 2. The highest BCUT2D eigenvalue weighted by atomic mass is 127. The fourth-order valence-corrected chi connectivity index (χ4v) is 3.30. The number of benzene rings is 1. The number of hydrogen-bond donors (Lipinski definition) is 2. The number of nitrogens with one attached hydrogen (secondary N) is 2. The molecule has 0 spiro atoms. The van der Waals surface area contributed by atoms with Gasteiger partial charge in [0, 0.05) is 33.1 Å². The molecule has 2 rings (SSSR count). The first kappa shape index (κ1) is 25.5. The first-order valence-corrected chi connectivity index (χ1v) is 10.2. The molecule has 2 N–H and O–H groups in total. The van der Waals surface area contributed by atoms with Crippen LogP contribution < -0.4 is 15.4 Å². The maximum atomic E-state index is 13.8. The van der Waals surface area contributed by atoms with E-state index in [0.717, 1.165) is 44.9 Å². The Labute approximate surface area is 190 Å². The Balaban J connectivity index is 0.00000420. The van der Waals surface area contributed by atoms with Crippen LogP contribution in [0.25, 0.3) is 0 Å². The zero-order valence-corrected chi connectivity index (χ0v) is 19.9. The molecule has 0 bridgehead atoms. The van der Waals surface area contributed by atoms with Gasteiger partial charge in [0.2, 0.25) is 5.91 Å². The van der Waals surface area contributed by atoms with E-state index in [1.54, 1.807) is 25.2 Å². The van der Waals surface area contributed by atoms with Crippen LogP contribution in [0.2, 0.25) is 0 Å². The number of nitrogens with zero attached hydrogens (tertiary/aromatic N) is 2. The van der Waals surface area contributed by atoms with Gasteiger partial charge in [0.1, 0.15) is 6.10 Å². The summed E-state index contributed by atoms with van der Waals surface area (Å²) < 4.78 is 19.7. The number of rotatable bonds is 8. The van der Waals surface area contributed by atoms with Crippen LogP contribution in [0.3, 0.4) is 0 Å². The zero-order chi connectivity index (χ0) is 20.4. The van der Waals surface area contributed by atoms with Gasteiger partial charge in [-0.25, -0.2) is 9.38 Å². The van der Waals surface area contributed by atoms with Gasteiger partial charge in [-0.05, 0) is 44.2 Å². The molecule has 1 fully saturated rings. The van der Waals surface area contributed by atoms with E-state index in [0.29, 0.717) is 18.9 Å². The lowest BCUT2D eigenvalue weighted by atomic mass is 9.93. The number of carbonyl (C=O) groups excluding carboxylic acids is 1. The van der Waals surface area contributed by atoms with Gasteiger partial charge in [-0.3, -0.25) is 4.79 Å². The maximum Gasteiger partial charge on any atom is 0.220 e. The van der Waals surface area contributed by atoms with Gasteiger partial charge in [-0.2, -0.15) is 0 Å². The average Bonchev–Trinajstić information content (AvgIpc) is 2.72. The lowest BCUT2D eigenvalue weighted by Crippen LogP contribution is -2.46. The van der Waals surface area contributed by atoms with Crippen LogP contribution in [-0.2, 0) is 4.79 Å². The normalized spacial score (nSPS) is 16.0. The Bertz CT molecular complexity index is 651. The summed E-state index contributed by atoms with van der Waals surface area (Å²) in [5, 5.41) is 6.04. The molecule has 1 aliphatic heterocycles. The number of ether oxygens (including phenoxy) is 1. The fourth-order valence-electron chi connectivity index (χ4n) is 3.30. The molecule has 0 saturated carbocycles. The zero-order valence-electron chi connectivity index (χ0n) is 17.6. The van der Waals surface area contributed by atoms with Gasteiger partial charge in [0.05, 0.1) is 6.54 Å². The van der Waals surface area contributed by atoms with Crippen molar-refractivity contribution in [3.63, 3.8) is 0 Å². The highest BCUT2D eigenvalue weighted by Gasteiger charge is 2.23. The summed E-state index contributed by atoms with van der Waals surface area (Å²) in [5.41, 5.74) is 0. The van der Waals surface area contributed by atoms with E-state index in [2.05, 4.69) is 15.5 Å². The lowest BCUT2D eigenvalue weighted by Gasteiger charge is -2.34. The monoisotopic (exact) mass is 520 g/mol. The van der Waals surface area contributed by atoms with Crippen molar-refractivity contribution >= 4 is 35.8 Å². The smallest absolute Gasteiger partial charge is 0.220 e. The molecule has 6 nitrogen and oxygen atoms in total. The van der Waals surface area contributed by atoms with Crippen molar-refractivity contribution < 1.29 is 13.9 Å². The van der Waals surface area contributed by atoms with E-state index < -0.39 is 0 Å². The molecule has 0 aliphatic carbocycles. The Kier molecular flexibility index (Phi) is 11.9. The molecule has 1 aliphatic rings. The van der Waals surface area contributed by atoms with Gasteiger partial charge in [-0.1, -0.05) is 19.1 Å². The predicted octanol–water partition coefficient (Wildman–Crippen LogP) is 3.41. The molecule has 0 radical (unpaired) electrons. The number of aliphatic imine (C=N–C) groups is 1. The van der Waals surface area contributed by atoms with Crippen molar-refractivity contribution in [3.8, 4) is 5.75 Å². The number of likely N-dealkylation sites (tertiary alicyclic amines) is 1. The molecule has 1 atom stereocenters. The Morgan fingerprint density at radius 2 is 2.00 bits per heavy atom. The molecule has 1 aromatic rings. The number of amides is 1. The second kappa shape index (κ2) is 13.6. The molecular weight excluding hydrogens is 486 g/mol. The summed E-state index contributed by atoms with van der Waals surface area (Å²) in [6.07, 6.45) is 3.09. The Hall–Kier alpha value is -1.58. The minimum atomic E-state index is -0.352. The second-order valence-corrected chi connectivity index (χ2v) is 7.08. The van der Waals surface area contributed by atoms with Crippen molar-refractivity contribution in [2.75, 3.05) is 33.2 Å². The molecule has 164 valence electrons. The van der Waals surface area contributed by atoms with Gasteiger partial charge >= 0.3 is 0 Å². The summed E-state index contributed by atoms with van der Waals surface area (Å²) >= 11 is 0. The van der Waals surface area contributed by atoms with Crippen molar-refractivity contribution in [2.45, 2.75) is 45.6 Å². The fraction of sp³-hybridized carbons (Fsp3) is 0.619. The predicted molar refractivity (Wildman–Crippen MR) is 125 cm³/mol. The third kappa shape index (κ3) is 8.36. The Morgan fingerprint density at radius 3 is 2.59 bits per heavy atom. The van der Waals surface area contributed by atoms with Gasteiger partial charge < -0.3 is 20.3 Å². The Morgan fingerprint density at radius 1 is 1.31 bits per heavy atom. The maximum absolute atomic E-state index is 13.8. The minimum absolute atomic E-state index is 0. The van der Waals surface area contributed by atoms with E-state index in [1.165, 1.54) is 6.07 Å². The van der Waals surface area contributed by atoms with E-state index >= 15 is 0 Å². The molecule has 0 aromatic heterocycles. The summed E-state index contributed by atoms with van der Waals surface area (Å²) in [5.74, 6) is 1.30. The van der Waals surface area contributed by atoms with Crippen molar-refractivity contribution in [2.24, 2.45) is 10.9 Å². The van der Waals surface area contributed by atoms with Crippen LogP contribution in [0.1, 0.15) is 39.5 Å². The highest BCUT2D eigenvalue weighted by molar-refractivity contribution is 14.0. The van der Waals surface area contributed by atoms with E-state index in [1.807, 2.05) is 13.8 Å². The van der Waals surface area contributed by atoms with E-state index in [9.17, 15) is 9.18 Å². The van der Waals surface area contributed by atoms with Crippen LogP contribution in [0, 0.1) is 11.7 Å². The van der Waals surface area contributed by atoms with Gasteiger partial charge in [0.25, 0.3) is 0 Å². The summed E-state index contributed by atoms with van der Waals surface area (Å²) in [7, 11) is 1.68.